The molecule has 5 heteroatoms. The highest BCUT2D eigenvalue weighted by Gasteiger charge is 2.16. The Morgan fingerprint density at radius 1 is 1.03 bits per heavy atom. The van der Waals surface area contributed by atoms with Crippen LogP contribution in [-0.4, -0.2) is 9.55 Å². The van der Waals surface area contributed by atoms with Gasteiger partial charge >= 0.3 is 0 Å². The van der Waals surface area contributed by atoms with E-state index in [0.29, 0.717) is 31.2 Å². The van der Waals surface area contributed by atoms with E-state index in [1.807, 2.05) is 30.5 Å². The van der Waals surface area contributed by atoms with Gasteiger partial charge < -0.3 is 0 Å². The van der Waals surface area contributed by atoms with Gasteiger partial charge in [0, 0.05) is 30.3 Å². The zero-order valence-corrected chi connectivity index (χ0v) is 17.1. The van der Waals surface area contributed by atoms with Gasteiger partial charge in [-0.3, -0.25) is 9.36 Å². The van der Waals surface area contributed by atoms with Crippen molar-refractivity contribution in [2.24, 2.45) is 0 Å². The van der Waals surface area contributed by atoms with Crippen LogP contribution in [0.4, 0.5) is 0 Å². The number of unbranched alkanes of at least 4 members (excludes halogenated alkanes) is 1. The Morgan fingerprint density at radius 2 is 1.72 bits per heavy atom. The zero-order chi connectivity index (χ0) is 20.2. The maximum Gasteiger partial charge on any atom is 0.262 e. The number of hydrogen-bond donors (Lipinski definition) is 0. The van der Waals surface area contributed by atoms with E-state index in [4.69, 9.17) is 10.2 Å². The molecule has 0 bridgehead atoms. The quantitative estimate of drug-likeness (QED) is 0.393. The van der Waals surface area contributed by atoms with E-state index in [-0.39, 0.29) is 5.56 Å². The minimum atomic E-state index is -0.00632. The molecular formula is C24H21N3OS. The fraction of sp³-hybridized carbons (Fsp3) is 0.208. The van der Waals surface area contributed by atoms with Crippen LogP contribution in [0.3, 0.4) is 0 Å². The van der Waals surface area contributed by atoms with Crippen molar-refractivity contribution in [2.45, 2.75) is 32.7 Å². The minimum Gasteiger partial charge on any atom is -0.296 e. The highest BCUT2D eigenvalue weighted by molar-refractivity contribution is 7.17. The van der Waals surface area contributed by atoms with E-state index in [9.17, 15) is 4.79 Å². The first-order valence-electron chi connectivity index (χ1n) is 9.76. The average Bonchev–Trinajstić information content (AvgIpc) is 3.20. The molecule has 0 aliphatic heterocycles. The number of aryl methyl sites for hydroxylation is 1. The molecule has 4 aromatic rings. The van der Waals surface area contributed by atoms with Gasteiger partial charge in [-0.05, 0) is 23.1 Å². The monoisotopic (exact) mass is 399 g/mol. The smallest absolute Gasteiger partial charge is 0.262 e. The van der Waals surface area contributed by atoms with Crippen LogP contribution in [0.5, 0.6) is 0 Å². The van der Waals surface area contributed by atoms with Crippen molar-refractivity contribution in [3.63, 3.8) is 0 Å². The van der Waals surface area contributed by atoms with Crippen molar-refractivity contribution in [1.29, 1.82) is 5.26 Å². The molecule has 0 N–H and O–H groups in total. The lowest BCUT2D eigenvalue weighted by Crippen LogP contribution is -2.25. The summed E-state index contributed by atoms with van der Waals surface area (Å²) in [5.41, 5.74) is 4.26. The Hall–Kier alpha value is -3.23. The Bertz CT molecular complexity index is 1230. The van der Waals surface area contributed by atoms with Crippen LogP contribution >= 0.6 is 11.3 Å². The Labute approximate surface area is 173 Å². The summed E-state index contributed by atoms with van der Waals surface area (Å²) in [6, 6.07) is 20.7. The zero-order valence-electron chi connectivity index (χ0n) is 16.3. The van der Waals surface area contributed by atoms with Gasteiger partial charge in [0.2, 0.25) is 0 Å². The Morgan fingerprint density at radius 3 is 2.41 bits per heavy atom. The van der Waals surface area contributed by atoms with Crippen LogP contribution < -0.4 is 5.56 Å². The highest BCUT2D eigenvalue weighted by atomic mass is 32.1. The first kappa shape index (κ1) is 19.1. The van der Waals surface area contributed by atoms with E-state index in [2.05, 4.69) is 42.5 Å². The van der Waals surface area contributed by atoms with Gasteiger partial charge in [-0.15, -0.1) is 11.3 Å². The molecule has 0 aliphatic carbocycles. The predicted octanol–water partition coefficient (Wildman–Crippen LogP) is 5.66. The summed E-state index contributed by atoms with van der Waals surface area (Å²) in [4.78, 5) is 18.8. The molecule has 29 heavy (non-hydrogen) atoms. The topological polar surface area (TPSA) is 58.7 Å². The predicted molar refractivity (Wildman–Crippen MR) is 119 cm³/mol. The number of fused-ring (bicyclic) bond motifs is 1. The van der Waals surface area contributed by atoms with E-state index >= 15 is 0 Å². The second-order valence-corrected chi connectivity index (χ2v) is 7.73. The Kier molecular flexibility index (Phi) is 5.55. The summed E-state index contributed by atoms with van der Waals surface area (Å²) in [6.45, 7) is 2.53. The van der Waals surface area contributed by atoms with Crippen LogP contribution in [0, 0.1) is 11.3 Å². The third-order valence-corrected chi connectivity index (χ3v) is 5.93. The summed E-state index contributed by atoms with van der Waals surface area (Å²) in [6.07, 6.45) is 1.78. The number of thiophene rings is 1. The third-order valence-electron chi connectivity index (χ3n) is 5.06. The molecule has 2 aromatic carbocycles. The molecule has 144 valence electrons. The van der Waals surface area contributed by atoms with Gasteiger partial charge in [-0.25, -0.2) is 4.98 Å². The number of aromatic nitrogens is 2. The molecule has 0 spiro atoms. The number of benzene rings is 2. The van der Waals surface area contributed by atoms with Crippen LogP contribution in [0.25, 0.3) is 32.5 Å². The van der Waals surface area contributed by atoms with Gasteiger partial charge in [-0.2, -0.15) is 5.26 Å². The van der Waals surface area contributed by atoms with Crippen molar-refractivity contribution in [2.75, 3.05) is 0 Å². The molecule has 2 aromatic heterocycles. The van der Waals surface area contributed by atoms with Gasteiger partial charge in [0.15, 0.2) is 0 Å². The normalized spacial score (nSPS) is 10.9. The number of hydrogen-bond acceptors (Lipinski definition) is 4. The maximum absolute atomic E-state index is 13.3. The first-order chi connectivity index (χ1) is 14.2. The lowest BCUT2D eigenvalue weighted by molar-refractivity contribution is 0.594. The fourth-order valence-electron chi connectivity index (χ4n) is 3.57. The molecule has 4 rings (SSSR count). The van der Waals surface area contributed by atoms with E-state index in [1.54, 1.807) is 4.57 Å². The lowest BCUT2D eigenvalue weighted by Gasteiger charge is -2.11. The summed E-state index contributed by atoms with van der Waals surface area (Å²) in [5, 5.41) is 11.5. The molecule has 0 radical (unpaired) electrons. The first-order valence-corrected chi connectivity index (χ1v) is 10.6. The number of rotatable bonds is 6. The second kappa shape index (κ2) is 8.42. The fourth-order valence-corrected chi connectivity index (χ4v) is 4.53. The van der Waals surface area contributed by atoms with Gasteiger partial charge in [0.25, 0.3) is 5.56 Å². The van der Waals surface area contributed by atoms with E-state index in [0.717, 1.165) is 27.3 Å². The highest BCUT2D eigenvalue weighted by Crippen LogP contribution is 2.32. The van der Waals surface area contributed by atoms with Gasteiger partial charge in [-0.1, -0.05) is 61.5 Å². The SMILES string of the molecule is CCc1nc2scc(-c3ccc(-c4ccccc4)cc3)c2c(=O)n1CCCC#N. The van der Waals surface area contributed by atoms with Crippen LogP contribution in [0.2, 0.25) is 0 Å². The molecule has 0 aliphatic rings. The largest absolute Gasteiger partial charge is 0.296 e. The molecular weight excluding hydrogens is 378 g/mol. The molecule has 0 saturated carbocycles. The van der Waals surface area contributed by atoms with E-state index in [1.165, 1.54) is 16.9 Å². The molecule has 4 nitrogen and oxygen atoms in total. The molecule has 0 fully saturated rings. The Balaban J connectivity index is 1.77. The molecule has 2 heterocycles. The molecule has 0 unspecified atom stereocenters. The van der Waals surface area contributed by atoms with Crippen LogP contribution in [0.1, 0.15) is 25.6 Å². The van der Waals surface area contributed by atoms with E-state index < -0.39 is 0 Å². The summed E-state index contributed by atoms with van der Waals surface area (Å²) in [7, 11) is 0. The maximum atomic E-state index is 13.3. The van der Waals surface area contributed by atoms with Crippen molar-refractivity contribution >= 4 is 21.6 Å². The minimum absolute atomic E-state index is 0.00632. The molecule has 0 amide bonds. The van der Waals surface area contributed by atoms with Crippen molar-refractivity contribution in [1.82, 2.24) is 9.55 Å². The number of nitrogens with zero attached hydrogens (tertiary/aromatic N) is 3. The summed E-state index contributed by atoms with van der Waals surface area (Å²) in [5.74, 6) is 0.785. The van der Waals surface area contributed by atoms with Crippen LogP contribution in [0.15, 0.2) is 64.8 Å². The van der Waals surface area contributed by atoms with Crippen molar-refractivity contribution < 1.29 is 0 Å². The summed E-state index contributed by atoms with van der Waals surface area (Å²) >= 11 is 1.51. The summed E-state index contributed by atoms with van der Waals surface area (Å²) < 4.78 is 1.74. The third kappa shape index (κ3) is 3.72. The molecule has 0 atom stereocenters. The second-order valence-electron chi connectivity index (χ2n) is 6.87. The molecule has 0 saturated heterocycles. The van der Waals surface area contributed by atoms with Gasteiger partial charge in [0.1, 0.15) is 10.7 Å². The number of nitriles is 1. The van der Waals surface area contributed by atoms with Crippen molar-refractivity contribution in [3.8, 4) is 28.3 Å². The van der Waals surface area contributed by atoms with Crippen LogP contribution in [-0.2, 0) is 13.0 Å². The van der Waals surface area contributed by atoms with Crippen molar-refractivity contribution in [3.05, 3.63) is 76.2 Å². The average molecular weight is 400 g/mol. The van der Waals surface area contributed by atoms with Gasteiger partial charge in [0.05, 0.1) is 11.5 Å². The standard InChI is InChI=1S/C24H21N3OS/c1-2-21-26-23-22(24(28)27(21)15-7-6-14-25)20(16-29-23)19-12-10-18(11-13-19)17-8-4-3-5-9-17/h3-5,8-13,16H,2,6-7,15H2,1H3. The lowest BCUT2D eigenvalue weighted by atomic mass is 10.0.